The van der Waals surface area contributed by atoms with Gasteiger partial charge in [-0.15, -0.1) is 0 Å². The molecule has 0 aliphatic heterocycles. The average molecular weight is 383 g/mol. The SMILES string of the molecule is NC1c2ccc(O)c(O)c2CCC1CCCCCCNCCc1ccccc1. The normalized spacial score (nSPS) is 18.8. The number of fused-ring (bicyclic) bond motifs is 1. The Morgan fingerprint density at radius 2 is 1.71 bits per heavy atom. The molecule has 0 amide bonds. The fraction of sp³-hybridized carbons (Fsp3) is 0.500. The number of unbranched alkanes of at least 4 members (excludes halogenated alkanes) is 3. The smallest absolute Gasteiger partial charge is 0.161 e. The molecule has 4 nitrogen and oxygen atoms in total. The number of nitrogens with two attached hydrogens (primary N) is 1. The molecule has 0 saturated heterocycles. The zero-order chi connectivity index (χ0) is 19.8. The standard InChI is InChI=1S/C24H34N2O2/c25-23-19(11-12-21-20(23)13-14-22(27)24(21)28)10-6-1-2-7-16-26-17-15-18-8-4-3-5-9-18/h3-5,8-9,13-14,19,23,26-28H,1-2,6-7,10-12,15-17,25H2. The van der Waals surface area contributed by atoms with Gasteiger partial charge in [0.05, 0.1) is 0 Å². The van der Waals surface area contributed by atoms with E-state index in [1.54, 1.807) is 6.07 Å². The molecule has 0 fully saturated rings. The molecule has 1 aliphatic carbocycles. The van der Waals surface area contributed by atoms with Crippen molar-refractivity contribution in [3.63, 3.8) is 0 Å². The van der Waals surface area contributed by atoms with E-state index in [9.17, 15) is 10.2 Å². The fourth-order valence-electron chi connectivity index (χ4n) is 4.31. The topological polar surface area (TPSA) is 78.5 Å². The molecule has 1 aliphatic rings. The van der Waals surface area contributed by atoms with Crippen molar-refractivity contribution >= 4 is 0 Å². The lowest BCUT2D eigenvalue weighted by Gasteiger charge is -2.31. The molecular formula is C24H34N2O2. The van der Waals surface area contributed by atoms with E-state index in [1.165, 1.54) is 31.2 Å². The second-order valence-corrected chi connectivity index (χ2v) is 8.01. The maximum absolute atomic E-state index is 10.0. The molecule has 3 rings (SSSR count). The molecule has 28 heavy (non-hydrogen) atoms. The Labute approximate surface area is 168 Å². The minimum atomic E-state index is -0.0400. The molecule has 0 aromatic heterocycles. The van der Waals surface area contributed by atoms with Crippen molar-refractivity contribution in [2.24, 2.45) is 11.7 Å². The van der Waals surface area contributed by atoms with Crippen molar-refractivity contribution in [1.29, 1.82) is 0 Å². The summed E-state index contributed by atoms with van der Waals surface area (Å²) in [6.45, 7) is 2.13. The lowest BCUT2D eigenvalue weighted by Crippen LogP contribution is -2.27. The number of rotatable bonds is 10. The van der Waals surface area contributed by atoms with Crippen molar-refractivity contribution in [2.45, 2.75) is 57.4 Å². The van der Waals surface area contributed by atoms with Crippen molar-refractivity contribution in [3.8, 4) is 11.5 Å². The zero-order valence-corrected chi connectivity index (χ0v) is 16.7. The minimum Gasteiger partial charge on any atom is -0.504 e. The van der Waals surface area contributed by atoms with Gasteiger partial charge in [-0.05, 0) is 68.3 Å². The number of aromatic hydroxyl groups is 2. The van der Waals surface area contributed by atoms with Crippen LogP contribution in [0.5, 0.6) is 11.5 Å². The highest BCUT2D eigenvalue weighted by atomic mass is 16.3. The van der Waals surface area contributed by atoms with Crippen molar-refractivity contribution in [3.05, 3.63) is 59.2 Å². The number of phenols is 2. The number of hydrogen-bond donors (Lipinski definition) is 4. The largest absolute Gasteiger partial charge is 0.504 e. The van der Waals surface area contributed by atoms with Crippen LogP contribution in [0.4, 0.5) is 0 Å². The molecule has 152 valence electrons. The number of nitrogens with one attached hydrogen (secondary N) is 1. The van der Waals surface area contributed by atoms with Gasteiger partial charge in [0.1, 0.15) is 0 Å². The first-order valence-electron chi connectivity index (χ1n) is 10.7. The molecule has 2 aromatic rings. The van der Waals surface area contributed by atoms with Gasteiger partial charge in [0.2, 0.25) is 0 Å². The summed E-state index contributed by atoms with van der Waals surface area (Å²) in [4.78, 5) is 0. The first-order chi connectivity index (χ1) is 13.7. The molecule has 0 spiro atoms. The van der Waals surface area contributed by atoms with Gasteiger partial charge in [0.25, 0.3) is 0 Å². The van der Waals surface area contributed by atoms with Gasteiger partial charge in [0, 0.05) is 11.6 Å². The summed E-state index contributed by atoms with van der Waals surface area (Å²) in [5.74, 6) is 0.452. The minimum absolute atomic E-state index is 0.0196. The van der Waals surface area contributed by atoms with E-state index in [2.05, 4.69) is 35.6 Å². The van der Waals surface area contributed by atoms with Crippen molar-refractivity contribution in [1.82, 2.24) is 5.32 Å². The van der Waals surface area contributed by atoms with Gasteiger partial charge in [-0.25, -0.2) is 0 Å². The summed E-state index contributed by atoms with van der Waals surface area (Å²) in [6.07, 6.45) is 8.97. The van der Waals surface area contributed by atoms with Gasteiger partial charge in [-0.2, -0.15) is 0 Å². The van der Waals surface area contributed by atoms with Gasteiger partial charge in [-0.3, -0.25) is 0 Å². The quantitative estimate of drug-likeness (QED) is 0.362. The van der Waals surface area contributed by atoms with Crippen LogP contribution in [0, 0.1) is 5.92 Å². The molecule has 5 N–H and O–H groups in total. The summed E-state index contributed by atoms with van der Waals surface area (Å²) in [5.41, 5.74) is 9.69. The van der Waals surface area contributed by atoms with Gasteiger partial charge in [-0.1, -0.05) is 55.7 Å². The van der Waals surface area contributed by atoms with Gasteiger partial charge >= 0.3 is 0 Å². The van der Waals surface area contributed by atoms with Crippen LogP contribution < -0.4 is 11.1 Å². The highest BCUT2D eigenvalue weighted by Crippen LogP contribution is 2.42. The third kappa shape index (κ3) is 5.49. The van der Waals surface area contributed by atoms with Gasteiger partial charge in [0.15, 0.2) is 11.5 Å². The van der Waals surface area contributed by atoms with Crippen molar-refractivity contribution in [2.75, 3.05) is 13.1 Å². The Bertz CT molecular complexity index is 733. The van der Waals surface area contributed by atoms with Crippen LogP contribution >= 0.6 is 0 Å². The second kappa shape index (κ2) is 10.5. The van der Waals surface area contributed by atoms with Crippen molar-refractivity contribution < 1.29 is 10.2 Å². The second-order valence-electron chi connectivity index (χ2n) is 8.01. The van der Waals surface area contributed by atoms with Crippen LogP contribution in [0.25, 0.3) is 0 Å². The Morgan fingerprint density at radius 1 is 0.929 bits per heavy atom. The highest BCUT2D eigenvalue weighted by Gasteiger charge is 2.28. The maximum Gasteiger partial charge on any atom is 0.161 e. The van der Waals surface area contributed by atoms with E-state index in [4.69, 9.17) is 5.73 Å². The zero-order valence-electron chi connectivity index (χ0n) is 16.7. The maximum atomic E-state index is 10.0. The van der Waals surface area contributed by atoms with Crippen LogP contribution in [0.15, 0.2) is 42.5 Å². The average Bonchev–Trinajstić information content (AvgIpc) is 2.72. The highest BCUT2D eigenvalue weighted by molar-refractivity contribution is 5.51. The van der Waals surface area contributed by atoms with Crippen LogP contribution in [0.1, 0.15) is 61.3 Å². The first-order valence-corrected chi connectivity index (χ1v) is 10.7. The Hall–Kier alpha value is -2.04. The molecule has 0 heterocycles. The number of benzene rings is 2. The summed E-state index contributed by atoms with van der Waals surface area (Å²) in [5, 5.41) is 23.2. The van der Waals surface area contributed by atoms with Crippen LogP contribution in [0.3, 0.4) is 0 Å². The monoisotopic (exact) mass is 382 g/mol. The fourth-order valence-corrected chi connectivity index (χ4v) is 4.31. The molecule has 2 unspecified atom stereocenters. The molecule has 4 heteroatoms. The predicted molar refractivity (Wildman–Crippen MR) is 115 cm³/mol. The summed E-state index contributed by atoms with van der Waals surface area (Å²) in [6, 6.07) is 14.0. The summed E-state index contributed by atoms with van der Waals surface area (Å²) in [7, 11) is 0. The van der Waals surface area contributed by atoms with E-state index in [0.717, 1.165) is 49.9 Å². The summed E-state index contributed by atoms with van der Waals surface area (Å²) >= 11 is 0. The molecule has 0 bridgehead atoms. The van der Waals surface area contributed by atoms with E-state index < -0.39 is 0 Å². The van der Waals surface area contributed by atoms with Crippen LogP contribution in [-0.4, -0.2) is 23.3 Å². The third-order valence-electron chi connectivity index (χ3n) is 6.04. The van der Waals surface area contributed by atoms with Gasteiger partial charge < -0.3 is 21.3 Å². The van der Waals surface area contributed by atoms with E-state index >= 15 is 0 Å². The third-order valence-corrected chi connectivity index (χ3v) is 6.04. The lowest BCUT2D eigenvalue weighted by molar-refractivity contribution is 0.330. The molecule has 2 aromatic carbocycles. The Kier molecular flexibility index (Phi) is 7.75. The van der Waals surface area contributed by atoms with E-state index in [-0.39, 0.29) is 17.5 Å². The predicted octanol–water partition coefficient (Wildman–Crippen LogP) is 4.44. The summed E-state index contributed by atoms with van der Waals surface area (Å²) < 4.78 is 0. The van der Waals surface area contributed by atoms with E-state index in [0.29, 0.717) is 5.92 Å². The molecular weight excluding hydrogens is 348 g/mol. The molecule has 0 saturated carbocycles. The molecule has 2 atom stereocenters. The lowest BCUT2D eigenvalue weighted by atomic mass is 9.77. The van der Waals surface area contributed by atoms with Crippen LogP contribution in [-0.2, 0) is 12.8 Å². The Balaban J connectivity index is 1.27. The Morgan fingerprint density at radius 3 is 2.54 bits per heavy atom. The van der Waals surface area contributed by atoms with E-state index in [1.807, 2.05) is 6.07 Å². The van der Waals surface area contributed by atoms with Crippen LogP contribution in [0.2, 0.25) is 0 Å². The first kappa shape index (κ1) is 20.7. The number of hydrogen-bond acceptors (Lipinski definition) is 4. The number of phenolic OH excluding ortho intramolecular Hbond substituents is 2. The molecule has 0 radical (unpaired) electrons.